The Kier molecular flexibility index (Phi) is 16.9. The van der Waals surface area contributed by atoms with Crippen LogP contribution in [0.25, 0.3) is 0 Å². The molecule has 0 bridgehead atoms. The molecule has 0 aliphatic rings. The van der Waals surface area contributed by atoms with E-state index in [0.29, 0.717) is 0 Å². The van der Waals surface area contributed by atoms with E-state index in [-0.39, 0.29) is 17.0 Å². The van der Waals surface area contributed by atoms with E-state index >= 15 is 0 Å². The van der Waals surface area contributed by atoms with Crippen molar-refractivity contribution < 1.29 is 30.9 Å². The summed E-state index contributed by atoms with van der Waals surface area (Å²) in [5.74, 6) is 0. The molecule has 0 saturated heterocycles. The molecular weight excluding hydrogens is 357 g/mol. The molecule has 0 rings (SSSR count). The maximum atomic E-state index is 5.11. The molecular formula is C5H12BrHgO. The third kappa shape index (κ3) is 10.4. The predicted octanol–water partition coefficient (Wildman–Crippen LogP) is 1.96. The van der Waals surface area contributed by atoms with Crippen LogP contribution in [0.15, 0.2) is 0 Å². The van der Waals surface area contributed by atoms with Crippen molar-refractivity contribution in [2.45, 2.75) is 17.3 Å². The molecule has 0 unspecified atom stereocenters. The number of rotatable bonds is 4. The van der Waals surface area contributed by atoms with E-state index in [1.807, 2.05) is 6.92 Å². The molecule has 0 heterocycles. The van der Waals surface area contributed by atoms with Crippen LogP contribution >= 0.6 is 17.0 Å². The van der Waals surface area contributed by atoms with E-state index in [9.17, 15) is 0 Å². The first-order chi connectivity index (χ1) is 3.41. The van der Waals surface area contributed by atoms with Gasteiger partial charge in [0.05, 0.1) is 0 Å². The Balaban J connectivity index is 0. The Morgan fingerprint density at radius 3 is 2.50 bits per heavy atom. The zero-order valence-corrected chi connectivity index (χ0v) is 12.6. The number of hydrogen-bond donors (Lipinski definition) is 0. The van der Waals surface area contributed by atoms with Gasteiger partial charge in [-0.3, -0.25) is 0 Å². The van der Waals surface area contributed by atoms with E-state index in [0.717, 1.165) is 39.3 Å². The number of hydrogen-bond acceptors (Lipinski definition) is 1. The molecule has 0 aromatic rings. The average Bonchev–Trinajstić information content (AvgIpc) is 1.69. The van der Waals surface area contributed by atoms with Crippen molar-refractivity contribution in [3.05, 3.63) is 0 Å². The van der Waals surface area contributed by atoms with Gasteiger partial charge in [0.1, 0.15) is 0 Å². The first-order valence-electron chi connectivity index (χ1n) is 2.78. The fraction of sp³-hybridized carbons (Fsp3) is 1.00. The van der Waals surface area contributed by atoms with E-state index < -0.39 is 0 Å². The van der Waals surface area contributed by atoms with Crippen LogP contribution in [-0.2, 0) is 30.9 Å². The fourth-order valence-corrected chi connectivity index (χ4v) is 1.14. The van der Waals surface area contributed by atoms with Crippen LogP contribution in [0.1, 0.15) is 13.3 Å². The van der Waals surface area contributed by atoms with Crippen LogP contribution in [0.2, 0.25) is 3.93 Å². The fourth-order valence-electron chi connectivity index (χ4n) is 0.348. The Morgan fingerprint density at radius 2 is 2.12 bits per heavy atom. The van der Waals surface area contributed by atoms with E-state index in [2.05, 4.69) is 0 Å². The molecule has 0 fully saturated rings. The van der Waals surface area contributed by atoms with Gasteiger partial charge in [-0.2, -0.15) is 0 Å². The normalized spacial score (nSPS) is 8.38. The second-order valence-corrected chi connectivity index (χ2v) is 4.15. The molecule has 8 heavy (non-hydrogen) atoms. The molecule has 0 aromatic heterocycles. The van der Waals surface area contributed by atoms with Gasteiger partial charge in [-0.25, -0.2) is 0 Å². The van der Waals surface area contributed by atoms with Crippen LogP contribution in [-0.4, -0.2) is 13.2 Å². The summed E-state index contributed by atoms with van der Waals surface area (Å²) in [6.07, 6.45) is 1.29. The van der Waals surface area contributed by atoms with E-state index in [1.54, 1.807) is 0 Å². The second kappa shape index (κ2) is 11.2. The van der Waals surface area contributed by atoms with Crippen LogP contribution in [0.4, 0.5) is 0 Å². The molecule has 0 aliphatic heterocycles. The predicted molar refractivity (Wildman–Crippen MR) is 36.2 cm³/mol. The molecule has 0 aliphatic carbocycles. The van der Waals surface area contributed by atoms with Gasteiger partial charge in [0.15, 0.2) is 0 Å². The minimum absolute atomic E-state index is 0. The van der Waals surface area contributed by atoms with E-state index in [4.69, 9.17) is 4.74 Å². The van der Waals surface area contributed by atoms with Crippen molar-refractivity contribution in [1.82, 2.24) is 0 Å². The summed E-state index contributed by atoms with van der Waals surface area (Å²) in [6.45, 7) is 3.91. The van der Waals surface area contributed by atoms with Gasteiger partial charge >= 0.3 is 61.3 Å². The molecule has 0 spiro atoms. The second-order valence-electron chi connectivity index (χ2n) is 1.40. The summed E-state index contributed by atoms with van der Waals surface area (Å²) in [6, 6.07) is 0. The van der Waals surface area contributed by atoms with Crippen LogP contribution in [0, 0.1) is 0 Å². The average molecular weight is 369 g/mol. The van der Waals surface area contributed by atoms with Crippen molar-refractivity contribution >= 4 is 17.0 Å². The number of halogens is 1. The Morgan fingerprint density at radius 1 is 1.50 bits per heavy atom. The molecule has 0 aromatic carbocycles. The quantitative estimate of drug-likeness (QED) is 0.544. The standard InChI is InChI=1S/C5H11O.BrH.Hg/c1-3-5-6-4-2;;/h1,3-5H2,2H3;1H;. The van der Waals surface area contributed by atoms with Crippen molar-refractivity contribution in [3.8, 4) is 0 Å². The third-order valence-electron chi connectivity index (χ3n) is 0.743. The Bertz CT molecular complexity index is 31.6. The zero-order valence-electron chi connectivity index (χ0n) is 5.35. The molecule has 3 heteroatoms. The number of ether oxygens (including phenoxy) is 1. The Labute approximate surface area is 77.9 Å². The summed E-state index contributed by atoms with van der Waals surface area (Å²) in [4.78, 5) is 0. The van der Waals surface area contributed by atoms with Gasteiger partial charge < -0.3 is 0 Å². The Hall–Kier alpha value is 1.38. The molecule has 0 radical (unpaired) electrons. The summed E-state index contributed by atoms with van der Waals surface area (Å²) in [7, 11) is 0. The molecule has 1 nitrogen and oxygen atoms in total. The molecule has 0 N–H and O–H groups in total. The molecule has 0 amide bonds. The van der Waals surface area contributed by atoms with Gasteiger partial charge in [-0.1, -0.05) is 0 Å². The van der Waals surface area contributed by atoms with Gasteiger partial charge in [-0.05, 0) is 0 Å². The summed E-state index contributed by atoms with van der Waals surface area (Å²) < 4.78 is 6.54. The first-order valence-corrected chi connectivity index (χ1v) is 6.67. The SMILES string of the molecule is Br.CCOCC[CH2][Hg]. The van der Waals surface area contributed by atoms with E-state index in [1.165, 1.54) is 10.4 Å². The van der Waals surface area contributed by atoms with Gasteiger partial charge in [-0.15, -0.1) is 17.0 Å². The summed E-state index contributed by atoms with van der Waals surface area (Å²) >= 11 is 0.990. The monoisotopic (exact) mass is 369 g/mol. The summed E-state index contributed by atoms with van der Waals surface area (Å²) in [5, 5.41) is 0. The van der Waals surface area contributed by atoms with Gasteiger partial charge in [0.25, 0.3) is 0 Å². The third-order valence-corrected chi connectivity index (χ3v) is 2.69. The topological polar surface area (TPSA) is 9.23 Å². The van der Waals surface area contributed by atoms with Crippen molar-refractivity contribution in [2.24, 2.45) is 0 Å². The van der Waals surface area contributed by atoms with Crippen LogP contribution in [0.5, 0.6) is 0 Å². The molecule has 47 valence electrons. The van der Waals surface area contributed by atoms with Crippen LogP contribution in [0.3, 0.4) is 0 Å². The van der Waals surface area contributed by atoms with Gasteiger partial charge in [0, 0.05) is 0 Å². The van der Waals surface area contributed by atoms with Crippen LogP contribution < -0.4 is 0 Å². The van der Waals surface area contributed by atoms with Crippen molar-refractivity contribution in [3.63, 3.8) is 0 Å². The minimum atomic E-state index is 0. The summed E-state index contributed by atoms with van der Waals surface area (Å²) in [5.41, 5.74) is 0. The first kappa shape index (κ1) is 12.1. The van der Waals surface area contributed by atoms with Crippen molar-refractivity contribution in [1.29, 1.82) is 0 Å². The molecule has 0 saturated carbocycles. The maximum absolute atomic E-state index is 5.11. The van der Waals surface area contributed by atoms with Gasteiger partial charge in [0.2, 0.25) is 0 Å². The molecule has 0 atom stereocenters. The van der Waals surface area contributed by atoms with Crippen molar-refractivity contribution in [2.75, 3.05) is 13.2 Å². The zero-order chi connectivity index (χ0) is 5.54.